The SMILES string of the molecule is CC(=O)N1c2ccccc2C(NC2CCC(=C(C)C(=O)O)CC2)C(C)C1C. The first-order valence-electron chi connectivity index (χ1n) is 9.88. The molecule has 1 saturated carbocycles. The van der Waals surface area contributed by atoms with Crippen LogP contribution in [0.15, 0.2) is 35.4 Å². The maximum Gasteiger partial charge on any atom is 0.331 e. The van der Waals surface area contributed by atoms with Crippen molar-refractivity contribution in [2.45, 2.75) is 71.5 Å². The average molecular weight is 370 g/mol. The number of nitrogens with one attached hydrogen (secondary N) is 1. The second-order valence-corrected chi connectivity index (χ2v) is 8.00. The molecule has 0 spiro atoms. The zero-order chi connectivity index (χ0) is 19.7. The van der Waals surface area contributed by atoms with E-state index in [-0.39, 0.29) is 18.0 Å². The predicted octanol–water partition coefficient (Wildman–Crippen LogP) is 4.05. The molecule has 146 valence electrons. The Balaban J connectivity index is 1.79. The molecule has 0 saturated heterocycles. The van der Waals surface area contributed by atoms with E-state index in [1.165, 1.54) is 5.56 Å². The highest BCUT2D eigenvalue weighted by atomic mass is 16.4. The molecular weight excluding hydrogens is 340 g/mol. The highest BCUT2D eigenvalue weighted by Gasteiger charge is 2.38. The van der Waals surface area contributed by atoms with E-state index in [2.05, 4.69) is 25.2 Å². The number of rotatable bonds is 3. The van der Waals surface area contributed by atoms with E-state index in [0.29, 0.717) is 17.5 Å². The second kappa shape index (κ2) is 7.85. The van der Waals surface area contributed by atoms with Gasteiger partial charge in [0, 0.05) is 36.3 Å². The van der Waals surface area contributed by atoms with Gasteiger partial charge in [0.2, 0.25) is 5.91 Å². The highest BCUT2D eigenvalue weighted by Crippen LogP contribution is 2.41. The molecule has 1 heterocycles. The van der Waals surface area contributed by atoms with Crippen molar-refractivity contribution < 1.29 is 14.7 Å². The van der Waals surface area contributed by atoms with E-state index in [1.54, 1.807) is 13.8 Å². The van der Waals surface area contributed by atoms with E-state index in [4.69, 9.17) is 0 Å². The topological polar surface area (TPSA) is 69.6 Å². The molecule has 2 N–H and O–H groups in total. The number of fused-ring (bicyclic) bond motifs is 1. The number of nitrogens with zero attached hydrogens (tertiary/aromatic N) is 1. The molecule has 1 aromatic carbocycles. The Hall–Kier alpha value is -2.14. The molecule has 5 heteroatoms. The molecule has 1 fully saturated rings. The molecule has 0 bridgehead atoms. The monoisotopic (exact) mass is 370 g/mol. The maximum atomic E-state index is 12.2. The summed E-state index contributed by atoms with van der Waals surface area (Å²) in [4.78, 5) is 25.3. The van der Waals surface area contributed by atoms with Gasteiger partial charge in [-0.05, 0) is 57.1 Å². The summed E-state index contributed by atoms with van der Waals surface area (Å²) < 4.78 is 0. The molecule has 3 unspecified atom stereocenters. The summed E-state index contributed by atoms with van der Waals surface area (Å²) in [5.74, 6) is -0.428. The molecule has 0 radical (unpaired) electrons. The molecule has 2 aliphatic rings. The molecular formula is C22H30N2O3. The molecule has 1 aliphatic heterocycles. The van der Waals surface area contributed by atoms with Gasteiger partial charge in [-0.25, -0.2) is 4.79 Å². The normalized spacial score (nSPS) is 27.9. The highest BCUT2D eigenvalue weighted by molar-refractivity contribution is 5.93. The summed E-state index contributed by atoms with van der Waals surface area (Å²) >= 11 is 0. The van der Waals surface area contributed by atoms with Gasteiger partial charge in [-0.2, -0.15) is 0 Å². The lowest BCUT2D eigenvalue weighted by molar-refractivity contribution is -0.132. The quantitative estimate of drug-likeness (QED) is 0.788. The summed E-state index contributed by atoms with van der Waals surface area (Å²) in [7, 11) is 0. The Bertz CT molecular complexity index is 761. The fourth-order valence-corrected chi connectivity index (χ4v) is 4.60. The third-order valence-corrected chi connectivity index (χ3v) is 6.42. The number of carboxylic acid groups (broad SMARTS) is 1. The lowest BCUT2D eigenvalue weighted by atomic mass is 9.81. The number of para-hydroxylation sites is 1. The lowest BCUT2D eigenvalue weighted by Gasteiger charge is -2.45. The van der Waals surface area contributed by atoms with Crippen LogP contribution >= 0.6 is 0 Å². The molecule has 5 nitrogen and oxygen atoms in total. The molecule has 1 aliphatic carbocycles. The summed E-state index contributed by atoms with van der Waals surface area (Å²) in [6, 6.07) is 8.87. The van der Waals surface area contributed by atoms with Crippen LogP contribution in [0.3, 0.4) is 0 Å². The number of allylic oxidation sites excluding steroid dienone is 1. The number of amides is 1. The second-order valence-electron chi connectivity index (χ2n) is 8.00. The number of benzene rings is 1. The predicted molar refractivity (Wildman–Crippen MR) is 107 cm³/mol. The summed E-state index contributed by atoms with van der Waals surface area (Å²) in [6.45, 7) is 7.67. The number of carbonyl (C=O) groups excluding carboxylic acids is 1. The Morgan fingerprint density at radius 1 is 1.11 bits per heavy atom. The third-order valence-electron chi connectivity index (χ3n) is 6.42. The average Bonchev–Trinajstić information content (AvgIpc) is 2.65. The molecule has 3 rings (SSSR count). The fourth-order valence-electron chi connectivity index (χ4n) is 4.60. The largest absolute Gasteiger partial charge is 0.478 e. The van der Waals surface area contributed by atoms with E-state index < -0.39 is 5.97 Å². The van der Waals surface area contributed by atoms with E-state index >= 15 is 0 Å². The molecule has 27 heavy (non-hydrogen) atoms. The van der Waals surface area contributed by atoms with Crippen LogP contribution in [0.5, 0.6) is 0 Å². The first kappa shape index (κ1) is 19.6. The number of hydrogen-bond acceptors (Lipinski definition) is 3. The zero-order valence-electron chi connectivity index (χ0n) is 16.7. The summed E-state index contributed by atoms with van der Waals surface area (Å²) in [6.07, 6.45) is 3.59. The maximum absolute atomic E-state index is 12.2. The van der Waals surface area contributed by atoms with Crippen LogP contribution in [0.2, 0.25) is 0 Å². The van der Waals surface area contributed by atoms with Crippen LogP contribution in [-0.2, 0) is 9.59 Å². The minimum Gasteiger partial charge on any atom is -0.478 e. The van der Waals surface area contributed by atoms with Gasteiger partial charge in [0.25, 0.3) is 0 Å². The van der Waals surface area contributed by atoms with Crippen molar-refractivity contribution in [2.75, 3.05) is 4.90 Å². The molecule has 1 aromatic rings. The first-order chi connectivity index (χ1) is 12.8. The van der Waals surface area contributed by atoms with Gasteiger partial charge in [-0.1, -0.05) is 30.7 Å². The Labute approximate surface area is 161 Å². The van der Waals surface area contributed by atoms with Gasteiger partial charge in [-0.3, -0.25) is 4.79 Å². The van der Waals surface area contributed by atoms with Crippen LogP contribution in [0.1, 0.15) is 65.0 Å². The Morgan fingerprint density at radius 3 is 2.33 bits per heavy atom. The van der Waals surface area contributed by atoms with Crippen LogP contribution in [0, 0.1) is 5.92 Å². The lowest BCUT2D eigenvalue weighted by Crippen LogP contribution is -2.51. The third kappa shape index (κ3) is 3.79. The smallest absolute Gasteiger partial charge is 0.331 e. The number of aliphatic carboxylic acids is 1. The minimum atomic E-state index is -0.801. The van der Waals surface area contributed by atoms with E-state index in [9.17, 15) is 14.7 Å². The Morgan fingerprint density at radius 2 is 1.74 bits per heavy atom. The van der Waals surface area contributed by atoms with Crippen molar-refractivity contribution in [2.24, 2.45) is 5.92 Å². The first-order valence-corrected chi connectivity index (χ1v) is 9.88. The van der Waals surface area contributed by atoms with Crippen LogP contribution in [0.4, 0.5) is 5.69 Å². The van der Waals surface area contributed by atoms with Crippen LogP contribution < -0.4 is 10.2 Å². The van der Waals surface area contributed by atoms with Gasteiger partial charge in [-0.15, -0.1) is 0 Å². The van der Waals surface area contributed by atoms with E-state index in [1.807, 2.05) is 23.1 Å². The fraction of sp³-hybridized carbons (Fsp3) is 0.545. The van der Waals surface area contributed by atoms with Crippen LogP contribution in [-0.4, -0.2) is 29.1 Å². The number of carbonyl (C=O) groups is 2. The van der Waals surface area contributed by atoms with E-state index in [0.717, 1.165) is 36.9 Å². The van der Waals surface area contributed by atoms with Gasteiger partial charge in [0.15, 0.2) is 0 Å². The molecule has 1 amide bonds. The Kier molecular flexibility index (Phi) is 5.70. The van der Waals surface area contributed by atoms with Crippen molar-refractivity contribution >= 4 is 17.6 Å². The van der Waals surface area contributed by atoms with Crippen molar-refractivity contribution in [3.05, 3.63) is 41.0 Å². The summed E-state index contributed by atoms with van der Waals surface area (Å²) in [5, 5.41) is 13.0. The molecule has 3 atom stereocenters. The van der Waals surface area contributed by atoms with Gasteiger partial charge in [0.05, 0.1) is 0 Å². The number of carboxylic acids is 1. The number of hydrogen-bond donors (Lipinski definition) is 2. The standard InChI is InChI=1S/C22H30N2O3/c1-13-15(3)24(16(4)25)20-8-6-5-7-19(20)21(13)23-18-11-9-17(10-12-18)14(2)22(26)27/h5-8,13,15,18,21,23H,9-12H2,1-4H3,(H,26,27). The van der Waals surface area contributed by atoms with Gasteiger partial charge in [0.1, 0.15) is 0 Å². The van der Waals surface area contributed by atoms with Crippen LogP contribution in [0.25, 0.3) is 0 Å². The van der Waals surface area contributed by atoms with Crippen molar-refractivity contribution in [3.63, 3.8) is 0 Å². The number of anilines is 1. The van der Waals surface area contributed by atoms with Crippen molar-refractivity contribution in [1.29, 1.82) is 0 Å². The van der Waals surface area contributed by atoms with Crippen molar-refractivity contribution in [1.82, 2.24) is 5.32 Å². The minimum absolute atomic E-state index is 0.0804. The summed E-state index contributed by atoms with van der Waals surface area (Å²) in [5.41, 5.74) is 3.77. The van der Waals surface area contributed by atoms with Gasteiger partial charge < -0.3 is 15.3 Å². The zero-order valence-corrected chi connectivity index (χ0v) is 16.7. The van der Waals surface area contributed by atoms with Gasteiger partial charge >= 0.3 is 5.97 Å². The molecule has 0 aromatic heterocycles. The van der Waals surface area contributed by atoms with Crippen molar-refractivity contribution in [3.8, 4) is 0 Å².